The van der Waals surface area contributed by atoms with Crippen LogP contribution in [0, 0.1) is 0 Å². The van der Waals surface area contributed by atoms with Gasteiger partial charge in [0, 0.05) is 43.0 Å². The van der Waals surface area contributed by atoms with E-state index in [9.17, 15) is 18.0 Å². The summed E-state index contributed by atoms with van der Waals surface area (Å²) in [5.41, 5.74) is 0.915. The minimum absolute atomic E-state index is 0.203. The summed E-state index contributed by atoms with van der Waals surface area (Å²) in [6.45, 7) is 1.37. The number of alkyl halides is 3. The third-order valence-corrected chi connectivity index (χ3v) is 4.59. The summed E-state index contributed by atoms with van der Waals surface area (Å²) in [4.78, 5) is 23.6. The number of aromatic amines is 1. The first-order valence-corrected chi connectivity index (χ1v) is 8.15. The first-order chi connectivity index (χ1) is 12.4. The second-order valence-corrected chi connectivity index (χ2v) is 6.31. The van der Waals surface area contributed by atoms with E-state index in [0.717, 1.165) is 16.3 Å². The summed E-state index contributed by atoms with van der Waals surface area (Å²) in [7, 11) is 0. The number of rotatable bonds is 2. The summed E-state index contributed by atoms with van der Waals surface area (Å²) in [6, 6.07) is 7.81. The largest absolute Gasteiger partial charge is 0.449 e. The molecule has 134 valence electrons. The number of halogens is 3. The summed E-state index contributed by atoms with van der Waals surface area (Å²) < 4.78 is 38.7. The number of nitrogens with one attached hydrogen (secondary N) is 1. The number of nitrogens with zero attached hydrogens (tertiary/aromatic N) is 3. The van der Waals surface area contributed by atoms with Gasteiger partial charge in [-0.1, -0.05) is 18.2 Å². The van der Waals surface area contributed by atoms with Crippen molar-refractivity contribution in [3.05, 3.63) is 69.7 Å². The zero-order chi connectivity index (χ0) is 18.3. The van der Waals surface area contributed by atoms with Crippen molar-refractivity contribution in [2.45, 2.75) is 25.7 Å². The van der Waals surface area contributed by atoms with Crippen molar-refractivity contribution in [2.24, 2.45) is 0 Å². The van der Waals surface area contributed by atoms with Gasteiger partial charge >= 0.3 is 6.18 Å². The highest BCUT2D eigenvalue weighted by atomic mass is 19.4. The highest BCUT2D eigenvalue weighted by molar-refractivity contribution is 5.84. The van der Waals surface area contributed by atoms with Crippen LogP contribution in [0.25, 0.3) is 10.8 Å². The SMILES string of the molecule is O=c1[nH]c(C(F)(F)F)nc2c1CCN(Cc1cccc3cnccc13)C2. The maximum Gasteiger partial charge on any atom is 0.449 e. The summed E-state index contributed by atoms with van der Waals surface area (Å²) in [5, 5.41) is 2.07. The van der Waals surface area contributed by atoms with Crippen molar-refractivity contribution < 1.29 is 13.2 Å². The number of benzene rings is 1. The lowest BCUT2D eigenvalue weighted by atomic mass is 10.0. The average molecular weight is 360 g/mol. The average Bonchev–Trinajstić information content (AvgIpc) is 2.61. The van der Waals surface area contributed by atoms with E-state index in [0.29, 0.717) is 25.1 Å². The summed E-state index contributed by atoms with van der Waals surface area (Å²) >= 11 is 0. The van der Waals surface area contributed by atoms with Crippen LogP contribution >= 0.6 is 0 Å². The summed E-state index contributed by atoms with van der Waals surface area (Å²) in [6.07, 6.45) is -0.795. The molecule has 3 heterocycles. The monoisotopic (exact) mass is 360 g/mol. The third kappa shape index (κ3) is 3.08. The zero-order valence-electron chi connectivity index (χ0n) is 13.7. The van der Waals surface area contributed by atoms with E-state index in [1.54, 1.807) is 12.4 Å². The first kappa shape index (κ1) is 16.7. The third-order valence-electron chi connectivity index (χ3n) is 4.59. The van der Waals surface area contributed by atoms with Crippen LogP contribution in [0.3, 0.4) is 0 Å². The Morgan fingerprint density at radius 1 is 1.23 bits per heavy atom. The lowest BCUT2D eigenvalue weighted by Gasteiger charge is -2.28. The molecule has 0 aliphatic carbocycles. The maximum absolute atomic E-state index is 12.9. The molecule has 0 bridgehead atoms. The molecule has 1 N–H and O–H groups in total. The molecule has 0 fully saturated rings. The molecule has 0 saturated heterocycles. The van der Waals surface area contributed by atoms with Gasteiger partial charge in [0.1, 0.15) is 0 Å². The van der Waals surface area contributed by atoms with Crippen molar-refractivity contribution in [2.75, 3.05) is 6.54 Å². The molecule has 0 amide bonds. The maximum atomic E-state index is 12.9. The minimum atomic E-state index is -4.67. The number of hydrogen-bond acceptors (Lipinski definition) is 4. The van der Waals surface area contributed by atoms with Crippen LogP contribution in [-0.2, 0) is 25.7 Å². The van der Waals surface area contributed by atoms with Crippen LogP contribution in [0.2, 0.25) is 0 Å². The zero-order valence-corrected chi connectivity index (χ0v) is 13.7. The van der Waals surface area contributed by atoms with Crippen LogP contribution < -0.4 is 5.56 Å². The molecule has 0 unspecified atom stereocenters. The van der Waals surface area contributed by atoms with E-state index < -0.39 is 17.6 Å². The highest BCUT2D eigenvalue weighted by Crippen LogP contribution is 2.27. The second-order valence-electron chi connectivity index (χ2n) is 6.31. The topological polar surface area (TPSA) is 61.9 Å². The molecule has 1 aliphatic rings. The summed E-state index contributed by atoms with van der Waals surface area (Å²) in [5.74, 6) is -1.24. The van der Waals surface area contributed by atoms with Gasteiger partial charge in [-0.3, -0.25) is 14.7 Å². The van der Waals surface area contributed by atoms with Gasteiger partial charge in [0.15, 0.2) is 0 Å². The molecular weight excluding hydrogens is 345 g/mol. The Kier molecular flexibility index (Phi) is 3.99. The number of hydrogen-bond donors (Lipinski definition) is 1. The Labute approximate surface area is 146 Å². The molecular formula is C18H15F3N4O. The van der Waals surface area contributed by atoms with Gasteiger partial charge in [-0.25, -0.2) is 4.98 Å². The van der Waals surface area contributed by atoms with Gasteiger partial charge in [0.05, 0.1) is 5.69 Å². The van der Waals surface area contributed by atoms with E-state index in [1.807, 2.05) is 34.1 Å². The molecule has 2 aromatic heterocycles. The molecule has 0 saturated carbocycles. The molecule has 5 nitrogen and oxygen atoms in total. The molecule has 1 aliphatic heterocycles. The predicted octanol–water partition coefficient (Wildman–Crippen LogP) is 2.90. The van der Waals surface area contributed by atoms with Gasteiger partial charge in [0.2, 0.25) is 5.82 Å². The predicted molar refractivity (Wildman–Crippen MR) is 89.4 cm³/mol. The van der Waals surface area contributed by atoms with E-state index in [1.165, 1.54) is 0 Å². The van der Waals surface area contributed by atoms with Crippen LogP contribution in [0.15, 0.2) is 41.5 Å². The molecule has 1 aromatic carbocycles. The van der Waals surface area contributed by atoms with Crippen molar-refractivity contribution in [3.8, 4) is 0 Å². The Balaban J connectivity index is 1.64. The molecule has 0 spiro atoms. The Morgan fingerprint density at radius 3 is 2.88 bits per heavy atom. The Morgan fingerprint density at radius 2 is 2.08 bits per heavy atom. The fourth-order valence-corrected chi connectivity index (χ4v) is 3.33. The fraction of sp³-hybridized carbons (Fsp3) is 0.278. The molecule has 0 atom stereocenters. The van der Waals surface area contributed by atoms with Crippen LogP contribution in [-0.4, -0.2) is 26.4 Å². The van der Waals surface area contributed by atoms with E-state index >= 15 is 0 Å². The lowest BCUT2D eigenvalue weighted by molar-refractivity contribution is -0.145. The van der Waals surface area contributed by atoms with Gasteiger partial charge in [-0.2, -0.15) is 13.2 Å². The highest BCUT2D eigenvalue weighted by Gasteiger charge is 2.36. The van der Waals surface area contributed by atoms with E-state index in [-0.39, 0.29) is 12.2 Å². The lowest BCUT2D eigenvalue weighted by Crippen LogP contribution is -2.36. The van der Waals surface area contributed by atoms with Gasteiger partial charge in [-0.15, -0.1) is 0 Å². The number of fused-ring (bicyclic) bond motifs is 2. The van der Waals surface area contributed by atoms with Gasteiger partial charge in [0.25, 0.3) is 5.56 Å². The molecule has 8 heteroatoms. The van der Waals surface area contributed by atoms with Crippen molar-refractivity contribution in [3.63, 3.8) is 0 Å². The van der Waals surface area contributed by atoms with Crippen LogP contribution in [0.4, 0.5) is 13.2 Å². The minimum Gasteiger partial charge on any atom is -0.303 e. The first-order valence-electron chi connectivity index (χ1n) is 8.15. The van der Waals surface area contributed by atoms with Crippen LogP contribution in [0.5, 0.6) is 0 Å². The number of H-pyrrole nitrogens is 1. The molecule has 0 radical (unpaired) electrons. The Bertz CT molecular complexity index is 1020. The molecule has 3 aromatic rings. The van der Waals surface area contributed by atoms with Crippen LogP contribution in [0.1, 0.15) is 22.6 Å². The number of pyridine rings is 1. The van der Waals surface area contributed by atoms with E-state index in [4.69, 9.17) is 0 Å². The smallest absolute Gasteiger partial charge is 0.303 e. The second kappa shape index (κ2) is 6.21. The van der Waals surface area contributed by atoms with Crippen molar-refractivity contribution in [1.82, 2.24) is 19.9 Å². The van der Waals surface area contributed by atoms with Gasteiger partial charge < -0.3 is 4.98 Å². The van der Waals surface area contributed by atoms with Crippen molar-refractivity contribution in [1.29, 1.82) is 0 Å². The standard InChI is InChI=1S/C18H15F3N4O/c19-18(20,21)17-23-15-10-25(7-5-14(15)16(26)24-17)9-12-3-1-2-11-8-22-6-4-13(11)12/h1-4,6,8H,5,7,9-10H2,(H,23,24,26). The quantitative estimate of drug-likeness (QED) is 0.763. The molecule has 26 heavy (non-hydrogen) atoms. The fourth-order valence-electron chi connectivity index (χ4n) is 3.33. The molecule has 4 rings (SSSR count). The van der Waals surface area contributed by atoms with Crippen molar-refractivity contribution >= 4 is 10.8 Å². The van der Waals surface area contributed by atoms with Gasteiger partial charge in [-0.05, 0) is 23.4 Å². The number of aromatic nitrogens is 3. The normalized spacial score (nSPS) is 15.2. The Hall–Kier alpha value is -2.74. The van der Waals surface area contributed by atoms with E-state index in [2.05, 4.69) is 9.97 Å².